The lowest BCUT2D eigenvalue weighted by molar-refractivity contribution is -0.128. The highest BCUT2D eigenvalue weighted by molar-refractivity contribution is 5.98. The summed E-state index contributed by atoms with van der Waals surface area (Å²) in [6, 6.07) is 27.2. The van der Waals surface area contributed by atoms with E-state index in [1.807, 2.05) is 48.5 Å². The van der Waals surface area contributed by atoms with Crippen molar-refractivity contribution in [3.63, 3.8) is 0 Å². The molecule has 0 bridgehead atoms. The predicted molar refractivity (Wildman–Crippen MR) is 125 cm³/mol. The zero-order valence-electron chi connectivity index (χ0n) is 18.4. The van der Waals surface area contributed by atoms with Crippen molar-refractivity contribution in [1.82, 2.24) is 0 Å². The number of carbonyl (C=O) groups is 1. The number of halogens is 1. The minimum absolute atomic E-state index is 0.00857. The van der Waals surface area contributed by atoms with Crippen LogP contribution in [-0.4, -0.2) is 11.6 Å². The maximum atomic E-state index is 16.5. The second kappa shape index (κ2) is 8.30. The largest absolute Gasteiger partial charge is 0.323 e. The summed E-state index contributed by atoms with van der Waals surface area (Å²) in [6.07, 6.45) is 0.789. The zero-order chi connectivity index (χ0) is 22.1. The number of hydrogen-bond donors (Lipinski definition) is 1. The third-order valence-corrected chi connectivity index (χ3v) is 6.48. The van der Waals surface area contributed by atoms with Gasteiger partial charge in [0.2, 0.25) is 0 Å². The molecule has 1 amide bonds. The quantitative estimate of drug-likeness (QED) is 0.489. The minimum atomic E-state index is -1.97. The van der Waals surface area contributed by atoms with Crippen LogP contribution in [0, 0.1) is 0 Å². The lowest BCUT2D eigenvalue weighted by atomic mass is 9.85. The van der Waals surface area contributed by atoms with Gasteiger partial charge in [0.15, 0.2) is 5.67 Å². The van der Waals surface area contributed by atoms with Gasteiger partial charge in [0, 0.05) is 11.6 Å². The Labute approximate surface area is 184 Å². The first kappa shape index (κ1) is 21.3. The molecule has 3 heteroatoms. The van der Waals surface area contributed by atoms with Gasteiger partial charge in [-0.3, -0.25) is 4.79 Å². The maximum Gasteiger partial charge on any atom is 0.262 e. The Morgan fingerprint density at radius 1 is 0.871 bits per heavy atom. The summed E-state index contributed by atoms with van der Waals surface area (Å²) in [5.41, 5.74) is 1.95. The number of alkyl halides is 1. The molecule has 0 heterocycles. The Morgan fingerprint density at radius 3 is 2.03 bits per heavy atom. The first-order chi connectivity index (χ1) is 14.8. The summed E-state index contributed by atoms with van der Waals surface area (Å²) in [6.45, 7) is 6.55. The Bertz CT molecular complexity index is 1020. The molecule has 160 valence electrons. The van der Waals surface area contributed by atoms with Crippen molar-refractivity contribution in [2.75, 3.05) is 5.32 Å². The van der Waals surface area contributed by atoms with Crippen LogP contribution in [0.4, 0.5) is 10.1 Å². The van der Waals surface area contributed by atoms with Crippen molar-refractivity contribution in [2.24, 2.45) is 0 Å². The third kappa shape index (κ3) is 4.41. The molecule has 2 nitrogen and oxygen atoms in total. The Balaban J connectivity index is 1.64. The van der Waals surface area contributed by atoms with Gasteiger partial charge in [-0.05, 0) is 53.0 Å². The van der Waals surface area contributed by atoms with E-state index in [4.69, 9.17) is 0 Å². The molecule has 1 aliphatic carbocycles. The second-order valence-corrected chi connectivity index (χ2v) is 9.65. The molecule has 0 unspecified atom stereocenters. The zero-order valence-corrected chi connectivity index (χ0v) is 18.4. The van der Waals surface area contributed by atoms with E-state index in [9.17, 15) is 4.79 Å². The fraction of sp³-hybridized carbons (Fsp3) is 0.321. The van der Waals surface area contributed by atoms with Gasteiger partial charge in [-0.1, -0.05) is 93.6 Å². The minimum Gasteiger partial charge on any atom is -0.323 e. The van der Waals surface area contributed by atoms with Gasteiger partial charge in [0.1, 0.15) is 0 Å². The van der Waals surface area contributed by atoms with Crippen molar-refractivity contribution in [3.8, 4) is 0 Å². The van der Waals surface area contributed by atoms with Gasteiger partial charge in [0.05, 0.1) is 0 Å². The highest BCUT2D eigenvalue weighted by Crippen LogP contribution is 2.53. The number of benzene rings is 3. The van der Waals surface area contributed by atoms with E-state index in [1.54, 1.807) is 12.1 Å². The maximum absolute atomic E-state index is 16.5. The summed E-state index contributed by atoms with van der Waals surface area (Å²) in [5.74, 6) is -1.04. The molecule has 0 aromatic heterocycles. The van der Waals surface area contributed by atoms with Crippen molar-refractivity contribution in [2.45, 2.75) is 56.5 Å². The predicted octanol–water partition coefficient (Wildman–Crippen LogP) is 6.99. The summed E-state index contributed by atoms with van der Waals surface area (Å²) < 4.78 is 16.5. The monoisotopic (exact) mass is 415 g/mol. The Hall–Kier alpha value is -2.94. The fourth-order valence-electron chi connectivity index (χ4n) is 4.66. The molecule has 31 heavy (non-hydrogen) atoms. The van der Waals surface area contributed by atoms with E-state index in [1.165, 1.54) is 5.56 Å². The van der Waals surface area contributed by atoms with Crippen molar-refractivity contribution in [3.05, 3.63) is 102 Å². The average Bonchev–Trinajstić information content (AvgIpc) is 3.13. The number of rotatable bonds is 4. The van der Waals surface area contributed by atoms with Gasteiger partial charge < -0.3 is 5.32 Å². The molecular weight excluding hydrogens is 385 g/mol. The molecule has 3 aromatic rings. The van der Waals surface area contributed by atoms with Crippen LogP contribution in [0.15, 0.2) is 84.9 Å². The van der Waals surface area contributed by atoms with Crippen LogP contribution in [0.3, 0.4) is 0 Å². The van der Waals surface area contributed by atoms with Crippen LogP contribution in [0.2, 0.25) is 0 Å². The molecule has 1 aliphatic rings. The van der Waals surface area contributed by atoms with Crippen molar-refractivity contribution >= 4 is 11.6 Å². The van der Waals surface area contributed by atoms with Crippen LogP contribution in [-0.2, 0) is 10.2 Å². The van der Waals surface area contributed by atoms with E-state index < -0.39 is 17.5 Å². The summed E-state index contributed by atoms with van der Waals surface area (Å²) in [4.78, 5) is 13.2. The molecule has 1 saturated carbocycles. The first-order valence-electron chi connectivity index (χ1n) is 11.0. The molecule has 0 spiro atoms. The summed E-state index contributed by atoms with van der Waals surface area (Å²) >= 11 is 0. The van der Waals surface area contributed by atoms with Crippen molar-refractivity contribution < 1.29 is 9.18 Å². The van der Waals surface area contributed by atoms with Crippen LogP contribution in [0.25, 0.3) is 0 Å². The number of para-hydroxylation sites is 1. The SMILES string of the molecule is CC(C)(C)c1ccc([C@@H]2C[C@@H](c3ccccc3)[C@@](F)(C(=O)Nc3ccccc3)C2)cc1. The summed E-state index contributed by atoms with van der Waals surface area (Å²) in [7, 11) is 0. The van der Waals surface area contributed by atoms with Crippen LogP contribution >= 0.6 is 0 Å². The average molecular weight is 416 g/mol. The Morgan fingerprint density at radius 2 is 1.45 bits per heavy atom. The highest BCUT2D eigenvalue weighted by atomic mass is 19.1. The molecule has 0 saturated heterocycles. The van der Waals surface area contributed by atoms with E-state index in [0.29, 0.717) is 12.1 Å². The molecule has 3 aromatic carbocycles. The molecule has 3 atom stereocenters. The van der Waals surface area contributed by atoms with E-state index in [2.05, 4.69) is 50.4 Å². The molecule has 1 fully saturated rings. The topological polar surface area (TPSA) is 29.1 Å². The Kier molecular flexibility index (Phi) is 5.70. The van der Waals surface area contributed by atoms with Gasteiger partial charge in [-0.25, -0.2) is 4.39 Å². The smallest absolute Gasteiger partial charge is 0.262 e. The van der Waals surface area contributed by atoms with E-state index >= 15 is 4.39 Å². The number of hydrogen-bond acceptors (Lipinski definition) is 1. The third-order valence-electron chi connectivity index (χ3n) is 6.48. The van der Waals surface area contributed by atoms with Crippen LogP contribution in [0.5, 0.6) is 0 Å². The number of nitrogens with one attached hydrogen (secondary N) is 1. The number of carbonyl (C=O) groups excluding carboxylic acids is 1. The fourth-order valence-corrected chi connectivity index (χ4v) is 4.66. The summed E-state index contributed by atoms with van der Waals surface area (Å²) in [5, 5.41) is 2.81. The first-order valence-corrected chi connectivity index (χ1v) is 11.0. The standard InChI is InChI=1S/C28H30FNO/c1-27(2,3)23-16-14-20(15-17-23)22-18-25(21-10-6-4-7-11-21)28(29,19-22)26(31)30-24-12-8-5-9-13-24/h4-17,22,25H,18-19H2,1-3H3,(H,30,31)/t22-,25+,28-/m1/s1. The molecule has 0 aliphatic heterocycles. The number of anilines is 1. The van der Waals surface area contributed by atoms with Gasteiger partial charge in [-0.2, -0.15) is 0 Å². The second-order valence-electron chi connectivity index (χ2n) is 9.65. The highest BCUT2D eigenvalue weighted by Gasteiger charge is 2.54. The van der Waals surface area contributed by atoms with Gasteiger partial charge in [-0.15, -0.1) is 0 Å². The normalized spacial score (nSPS) is 23.5. The lowest BCUT2D eigenvalue weighted by Crippen LogP contribution is -2.41. The van der Waals surface area contributed by atoms with Gasteiger partial charge in [0.25, 0.3) is 5.91 Å². The number of amides is 1. The van der Waals surface area contributed by atoms with Crippen LogP contribution < -0.4 is 5.32 Å². The lowest BCUT2D eigenvalue weighted by Gasteiger charge is -2.26. The molecule has 0 radical (unpaired) electrons. The van der Waals surface area contributed by atoms with Gasteiger partial charge >= 0.3 is 0 Å². The van der Waals surface area contributed by atoms with Crippen LogP contribution in [0.1, 0.15) is 62.1 Å². The van der Waals surface area contributed by atoms with E-state index in [-0.39, 0.29) is 17.8 Å². The molecular formula is C28H30FNO. The molecule has 1 N–H and O–H groups in total. The molecule has 4 rings (SSSR count). The van der Waals surface area contributed by atoms with E-state index in [0.717, 1.165) is 11.1 Å². The van der Waals surface area contributed by atoms with Crippen molar-refractivity contribution in [1.29, 1.82) is 0 Å².